The molecule has 2 aromatic rings. The molecular formula is C16H21ClN2O. The highest BCUT2D eigenvalue weighted by molar-refractivity contribution is 6.17. The van der Waals surface area contributed by atoms with Crippen LogP contribution in [0.2, 0.25) is 0 Å². The number of rotatable bonds is 6. The molecule has 0 amide bonds. The van der Waals surface area contributed by atoms with Crippen LogP contribution in [-0.2, 0) is 0 Å². The van der Waals surface area contributed by atoms with Crippen LogP contribution in [0.3, 0.4) is 0 Å². The lowest BCUT2D eigenvalue weighted by atomic mass is 10.1. The average Bonchev–Trinajstić information content (AvgIpc) is 2.46. The van der Waals surface area contributed by atoms with E-state index < -0.39 is 0 Å². The molecule has 0 aliphatic heterocycles. The minimum Gasteiger partial charge on any atom is -0.496 e. The Morgan fingerprint density at radius 3 is 2.70 bits per heavy atom. The molecule has 1 heterocycles. The first-order valence-electron chi connectivity index (χ1n) is 6.93. The van der Waals surface area contributed by atoms with Gasteiger partial charge in [0.2, 0.25) is 0 Å². The van der Waals surface area contributed by atoms with Crippen LogP contribution in [0.1, 0.15) is 20.3 Å². The molecule has 1 aromatic heterocycles. The monoisotopic (exact) mass is 292 g/mol. The molecule has 0 saturated carbocycles. The first-order chi connectivity index (χ1) is 9.69. The molecule has 108 valence electrons. The van der Waals surface area contributed by atoms with Crippen molar-refractivity contribution in [1.29, 1.82) is 0 Å². The van der Waals surface area contributed by atoms with E-state index >= 15 is 0 Å². The van der Waals surface area contributed by atoms with Crippen molar-refractivity contribution >= 4 is 28.2 Å². The van der Waals surface area contributed by atoms with E-state index in [1.807, 2.05) is 24.4 Å². The zero-order valence-corrected chi connectivity index (χ0v) is 13.0. The van der Waals surface area contributed by atoms with E-state index in [2.05, 4.69) is 29.8 Å². The summed E-state index contributed by atoms with van der Waals surface area (Å²) < 4.78 is 5.44. The Hall–Kier alpha value is -1.48. The van der Waals surface area contributed by atoms with E-state index in [4.69, 9.17) is 16.3 Å². The van der Waals surface area contributed by atoms with E-state index in [0.29, 0.717) is 11.9 Å². The topological polar surface area (TPSA) is 25.4 Å². The molecule has 0 N–H and O–H groups in total. The number of halogens is 1. The Labute approximate surface area is 125 Å². The summed E-state index contributed by atoms with van der Waals surface area (Å²) in [4.78, 5) is 6.88. The fraction of sp³-hybridized carbons (Fsp3) is 0.438. The second kappa shape index (κ2) is 6.80. The molecule has 0 fully saturated rings. The van der Waals surface area contributed by atoms with Gasteiger partial charge in [0.25, 0.3) is 0 Å². The van der Waals surface area contributed by atoms with Crippen LogP contribution >= 0.6 is 11.6 Å². The van der Waals surface area contributed by atoms with Gasteiger partial charge in [0, 0.05) is 35.4 Å². The van der Waals surface area contributed by atoms with Gasteiger partial charge < -0.3 is 9.64 Å². The number of benzene rings is 1. The van der Waals surface area contributed by atoms with Gasteiger partial charge in [-0.15, -0.1) is 11.6 Å². The molecule has 20 heavy (non-hydrogen) atoms. The highest BCUT2D eigenvalue weighted by Gasteiger charge is 2.15. The van der Waals surface area contributed by atoms with Gasteiger partial charge in [0.1, 0.15) is 11.6 Å². The number of aromatic nitrogens is 1. The van der Waals surface area contributed by atoms with Crippen molar-refractivity contribution in [3.63, 3.8) is 0 Å². The van der Waals surface area contributed by atoms with E-state index in [0.717, 1.165) is 35.3 Å². The minimum absolute atomic E-state index is 0.377. The lowest BCUT2D eigenvalue weighted by molar-refractivity contribution is 0.420. The summed E-state index contributed by atoms with van der Waals surface area (Å²) in [6, 6.07) is 8.45. The summed E-state index contributed by atoms with van der Waals surface area (Å²) in [7, 11) is 1.70. The van der Waals surface area contributed by atoms with Crippen LogP contribution in [0.5, 0.6) is 5.75 Å². The second-order valence-corrected chi connectivity index (χ2v) is 5.40. The Morgan fingerprint density at radius 1 is 1.25 bits per heavy atom. The SMILES string of the molecule is COc1cccc2c(N(CCCCl)C(C)C)nccc12. The molecule has 0 bridgehead atoms. The number of pyridine rings is 1. The van der Waals surface area contributed by atoms with E-state index in [1.54, 1.807) is 7.11 Å². The molecule has 4 heteroatoms. The van der Waals surface area contributed by atoms with Crippen molar-refractivity contribution in [2.75, 3.05) is 24.4 Å². The van der Waals surface area contributed by atoms with Crippen LogP contribution in [0.15, 0.2) is 30.5 Å². The van der Waals surface area contributed by atoms with E-state index in [-0.39, 0.29) is 0 Å². The van der Waals surface area contributed by atoms with Crippen LogP contribution in [0.4, 0.5) is 5.82 Å². The van der Waals surface area contributed by atoms with Crippen molar-refractivity contribution < 1.29 is 4.74 Å². The molecule has 1 aromatic carbocycles. The third-order valence-corrected chi connectivity index (χ3v) is 3.66. The number of methoxy groups -OCH3 is 1. The standard InChI is InChI=1S/C16H21ClN2O/c1-12(2)19(11-5-9-17)16-14-6-4-7-15(20-3)13(14)8-10-18-16/h4,6-8,10,12H,5,9,11H2,1-3H3. The minimum atomic E-state index is 0.377. The normalized spacial score (nSPS) is 11.1. The summed E-state index contributed by atoms with van der Waals surface area (Å²) >= 11 is 5.84. The van der Waals surface area contributed by atoms with Gasteiger partial charge in [0.05, 0.1) is 7.11 Å². The van der Waals surface area contributed by atoms with Crippen molar-refractivity contribution in [1.82, 2.24) is 4.98 Å². The van der Waals surface area contributed by atoms with Crippen molar-refractivity contribution in [2.45, 2.75) is 26.3 Å². The fourth-order valence-electron chi connectivity index (χ4n) is 2.41. The zero-order valence-electron chi connectivity index (χ0n) is 12.3. The first kappa shape index (κ1) is 14.9. The number of ether oxygens (including phenoxy) is 1. The Morgan fingerprint density at radius 2 is 2.05 bits per heavy atom. The molecule has 0 aliphatic rings. The maximum atomic E-state index is 5.84. The Balaban J connectivity index is 2.52. The maximum Gasteiger partial charge on any atom is 0.136 e. The molecule has 0 unspecified atom stereocenters. The number of alkyl halides is 1. The molecule has 0 saturated heterocycles. The Kier molecular flexibility index (Phi) is 5.07. The number of anilines is 1. The third-order valence-electron chi connectivity index (χ3n) is 3.39. The quantitative estimate of drug-likeness (QED) is 0.750. The van der Waals surface area contributed by atoms with Crippen LogP contribution in [-0.4, -0.2) is 30.6 Å². The van der Waals surface area contributed by atoms with Gasteiger partial charge in [-0.3, -0.25) is 0 Å². The molecule has 0 atom stereocenters. The van der Waals surface area contributed by atoms with Gasteiger partial charge >= 0.3 is 0 Å². The van der Waals surface area contributed by atoms with E-state index in [9.17, 15) is 0 Å². The number of nitrogens with zero attached hydrogens (tertiary/aromatic N) is 2. The van der Waals surface area contributed by atoms with Crippen molar-refractivity contribution in [2.24, 2.45) is 0 Å². The predicted molar refractivity (Wildman–Crippen MR) is 86.1 cm³/mol. The highest BCUT2D eigenvalue weighted by atomic mass is 35.5. The average molecular weight is 293 g/mol. The summed E-state index contributed by atoms with van der Waals surface area (Å²) in [6.45, 7) is 5.26. The summed E-state index contributed by atoms with van der Waals surface area (Å²) in [6.07, 6.45) is 2.79. The van der Waals surface area contributed by atoms with Crippen molar-refractivity contribution in [3.05, 3.63) is 30.5 Å². The largest absolute Gasteiger partial charge is 0.496 e. The number of fused-ring (bicyclic) bond motifs is 1. The van der Waals surface area contributed by atoms with Gasteiger partial charge in [-0.25, -0.2) is 4.98 Å². The Bertz CT molecular complexity index is 571. The summed E-state index contributed by atoms with van der Waals surface area (Å²) in [5, 5.41) is 2.21. The molecule has 3 nitrogen and oxygen atoms in total. The second-order valence-electron chi connectivity index (χ2n) is 5.02. The molecular weight excluding hydrogens is 272 g/mol. The smallest absolute Gasteiger partial charge is 0.136 e. The van der Waals surface area contributed by atoms with Gasteiger partial charge in [0.15, 0.2) is 0 Å². The molecule has 0 spiro atoms. The third kappa shape index (κ3) is 2.98. The number of hydrogen-bond donors (Lipinski definition) is 0. The zero-order chi connectivity index (χ0) is 14.5. The number of hydrogen-bond acceptors (Lipinski definition) is 3. The molecule has 2 rings (SSSR count). The van der Waals surface area contributed by atoms with E-state index in [1.165, 1.54) is 0 Å². The van der Waals surface area contributed by atoms with Gasteiger partial charge in [-0.05, 0) is 32.4 Å². The lowest BCUT2D eigenvalue weighted by Gasteiger charge is -2.29. The van der Waals surface area contributed by atoms with Gasteiger partial charge in [-0.1, -0.05) is 12.1 Å². The molecule has 0 aliphatic carbocycles. The highest BCUT2D eigenvalue weighted by Crippen LogP contribution is 2.31. The lowest BCUT2D eigenvalue weighted by Crippen LogP contribution is -2.32. The van der Waals surface area contributed by atoms with Gasteiger partial charge in [-0.2, -0.15) is 0 Å². The van der Waals surface area contributed by atoms with Crippen LogP contribution < -0.4 is 9.64 Å². The van der Waals surface area contributed by atoms with Crippen molar-refractivity contribution in [3.8, 4) is 5.75 Å². The molecule has 0 radical (unpaired) electrons. The van der Waals surface area contributed by atoms with Crippen LogP contribution in [0, 0.1) is 0 Å². The first-order valence-corrected chi connectivity index (χ1v) is 7.46. The maximum absolute atomic E-state index is 5.84. The summed E-state index contributed by atoms with van der Waals surface area (Å²) in [5.41, 5.74) is 0. The van der Waals surface area contributed by atoms with Crippen LogP contribution in [0.25, 0.3) is 10.8 Å². The summed E-state index contributed by atoms with van der Waals surface area (Å²) in [5.74, 6) is 2.55. The fourth-order valence-corrected chi connectivity index (χ4v) is 2.53. The predicted octanol–water partition coefficient (Wildman–Crippen LogP) is 4.09.